The van der Waals surface area contributed by atoms with Gasteiger partial charge in [0.05, 0.1) is 0 Å². The number of fused-ring (bicyclic) bond motifs is 1. The Morgan fingerprint density at radius 3 is 2.48 bits per heavy atom. The summed E-state index contributed by atoms with van der Waals surface area (Å²) in [6.07, 6.45) is 8.40. The summed E-state index contributed by atoms with van der Waals surface area (Å²) in [5.41, 5.74) is 1.77. The van der Waals surface area contributed by atoms with Gasteiger partial charge in [0.1, 0.15) is 12.4 Å². The van der Waals surface area contributed by atoms with Crippen LogP contribution in [0.15, 0.2) is 60.2 Å². The fourth-order valence-corrected chi connectivity index (χ4v) is 2.60. The van der Waals surface area contributed by atoms with E-state index in [2.05, 4.69) is 18.2 Å². The van der Waals surface area contributed by atoms with Gasteiger partial charge in [-0.1, -0.05) is 62.4 Å². The summed E-state index contributed by atoms with van der Waals surface area (Å²) in [6.45, 7) is 4.56. The maximum absolute atomic E-state index is 9.44. The van der Waals surface area contributed by atoms with Crippen molar-refractivity contribution in [1.82, 2.24) is 0 Å². The zero-order valence-corrected chi connectivity index (χ0v) is 13.7. The van der Waals surface area contributed by atoms with Gasteiger partial charge < -0.3 is 14.8 Å². The van der Waals surface area contributed by atoms with Crippen LogP contribution in [0, 0.1) is 0 Å². The van der Waals surface area contributed by atoms with Gasteiger partial charge in [-0.05, 0) is 35.3 Å². The smallest absolute Gasteiger partial charge is 0.489 e. The predicted molar refractivity (Wildman–Crippen MR) is 97.1 cm³/mol. The lowest BCUT2D eigenvalue weighted by atomic mass is 9.77. The molecule has 3 nitrogen and oxygen atoms in total. The van der Waals surface area contributed by atoms with Crippen molar-refractivity contribution in [3.63, 3.8) is 0 Å². The van der Waals surface area contributed by atoms with Crippen LogP contribution in [0.1, 0.15) is 26.7 Å². The highest BCUT2D eigenvalue weighted by Gasteiger charge is 2.15. The maximum atomic E-state index is 9.44. The number of ether oxygens (including phenoxy) is 1. The van der Waals surface area contributed by atoms with Gasteiger partial charge in [0.25, 0.3) is 0 Å². The Hall–Kier alpha value is -2.04. The average molecular weight is 310 g/mol. The molecule has 0 aromatic heterocycles. The topological polar surface area (TPSA) is 49.7 Å². The van der Waals surface area contributed by atoms with E-state index in [9.17, 15) is 10.0 Å². The molecule has 0 fully saturated rings. The highest BCUT2D eigenvalue weighted by molar-refractivity contribution is 6.62. The fourth-order valence-electron chi connectivity index (χ4n) is 2.60. The molecule has 0 unspecified atom stereocenters. The second kappa shape index (κ2) is 8.56. The van der Waals surface area contributed by atoms with Crippen molar-refractivity contribution < 1.29 is 14.8 Å². The molecule has 0 spiro atoms. The quantitative estimate of drug-likeness (QED) is 0.853. The molecule has 23 heavy (non-hydrogen) atoms. The van der Waals surface area contributed by atoms with E-state index in [0.717, 1.165) is 29.4 Å². The molecule has 1 aliphatic rings. The molecule has 1 aliphatic carbocycles. The standard InChI is InChI=1S/C17H17BO3.C2H6/c19-18(20)16-10-4-9-15-14(16)8-5-11-17(15)21-12-13-6-2-1-3-7-13;1-2/h1-2,4-6,8-11,19-20H,3,7,12H2;1-2H3. The third kappa shape index (κ3) is 4.24. The molecule has 0 bridgehead atoms. The molecule has 0 amide bonds. The third-order valence-corrected chi connectivity index (χ3v) is 3.71. The zero-order chi connectivity index (χ0) is 16.7. The second-order valence-corrected chi connectivity index (χ2v) is 5.15. The molecule has 0 atom stereocenters. The third-order valence-electron chi connectivity index (χ3n) is 3.71. The van der Waals surface area contributed by atoms with Crippen LogP contribution in [0.25, 0.3) is 10.8 Å². The van der Waals surface area contributed by atoms with Gasteiger partial charge in [0, 0.05) is 5.39 Å². The van der Waals surface area contributed by atoms with Crippen LogP contribution >= 0.6 is 0 Å². The summed E-state index contributed by atoms with van der Waals surface area (Å²) in [5, 5.41) is 20.6. The summed E-state index contributed by atoms with van der Waals surface area (Å²) in [5.74, 6) is 0.769. The molecular formula is C19H23BO3. The van der Waals surface area contributed by atoms with Crippen LogP contribution in [0.4, 0.5) is 0 Å². The molecule has 4 heteroatoms. The molecule has 0 saturated carbocycles. The van der Waals surface area contributed by atoms with E-state index in [1.54, 1.807) is 6.07 Å². The summed E-state index contributed by atoms with van der Waals surface area (Å²) in [4.78, 5) is 0. The van der Waals surface area contributed by atoms with E-state index in [-0.39, 0.29) is 0 Å². The Balaban J connectivity index is 0.000000924. The molecule has 2 aromatic carbocycles. The predicted octanol–water partition coefficient (Wildman–Crippen LogP) is 3.20. The van der Waals surface area contributed by atoms with Crippen molar-refractivity contribution in [1.29, 1.82) is 0 Å². The average Bonchev–Trinajstić information content (AvgIpc) is 2.62. The largest absolute Gasteiger partial charge is 0.489 e. The minimum absolute atomic E-state index is 0.498. The zero-order valence-electron chi connectivity index (χ0n) is 13.7. The van der Waals surface area contributed by atoms with Crippen LogP contribution in [0.2, 0.25) is 0 Å². The Labute approximate surface area is 138 Å². The van der Waals surface area contributed by atoms with Crippen molar-refractivity contribution in [2.45, 2.75) is 26.7 Å². The van der Waals surface area contributed by atoms with E-state index in [1.165, 1.54) is 5.57 Å². The molecule has 0 radical (unpaired) electrons. The monoisotopic (exact) mass is 310 g/mol. The molecule has 2 aromatic rings. The first kappa shape index (κ1) is 17.3. The SMILES string of the molecule is CC.OB(O)c1cccc2c(OCC3=CC=CCC3)cccc12. The summed E-state index contributed by atoms with van der Waals surface area (Å²) < 4.78 is 5.93. The molecule has 120 valence electrons. The van der Waals surface area contributed by atoms with Crippen LogP contribution in [-0.4, -0.2) is 23.8 Å². The number of hydrogen-bond acceptors (Lipinski definition) is 3. The van der Waals surface area contributed by atoms with Crippen molar-refractivity contribution in [3.05, 3.63) is 60.2 Å². The first-order valence-corrected chi connectivity index (χ1v) is 8.11. The normalized spacial score (nSPS) is 13.1. The second-order valence-electron chi connectivity index (χ2n) is 5.15. The van der Waals surface area contributed by atoms with Crippen LogP contribution in [-0.2, 0) is 0 Å². The summed E-state index contributed by atoms with van der Waals surface area (Å²) in [6, 6.07) is 11.1. The number of allylic oxidation sites excluding steroid dienone is 3. The van der Waals surface area contributed by atoms with E-state index in [0.29, 0.717) is 12.1 Å². The lowest BCUT2D eigenvalue weighted by molar-refractivity contribution is 0.351. The van der Waals surface area contributed by atoms with Crippen LogP contribution < -0.4 is 10.2 Å². The first-order chi connectivity index (χ1) is 11.3. The van der Waals surface area contributed by atoms with Crippen LogP contribution in [0.3, 0.4) is 0 Å². The van der Waals surface area contributed by atoms with Gasteiger partial charge >= 0.3 is 7.12 Å². The molecule has 0 saturated heterocycles. The van der Waals surface area contributed by atoms with Gasteiger partial charge in [0.2, 0.25) is 0 Å². The van der Waals surface area contributed by atoms with E-state index >= 15 is 0 Å². The Morgan fingerprint density at radius 2 is 1.78 bits per heavy atom. The van der Waals surface area contributed by atoms with E-state index in [4.69, 9.17) is 4.74 Å². The van der Waals surface area contributed by atoms with Crippen molar-refractivity contribution in [3.8, 4) is 5.75 Å². The molecule has 3 rings (SSSR count). The van der Waals surface area contributed by atoms with Crippen LogP contribution in [0.5, 0.6) is 5.75 Å². The number of benzene rings is 2. The maximum Gasteiger partial charge on any atom is 0.489 e. The highest BCUT2D eigenvalue weighted by atomic mass is 16.5. The minimum Gasteiger partial charge on any atom is -0.489 e. The molecule has 0 aliphatic heterocycles. The van der Waals surface area contributed by atoms with E-state index < -0.39 is 7.12 Å². The Kier molecular flexibility index (Phi) is 6.45. The Bertz CT molecular complexity index is 705. The van der Waals surface area contributed by atoms with Gasteiger partial charge in [-0.25, -0.2) is 0 Å². The number of hydrogen-bond donors (Lipinski definition) is 2. The molecule has 2 N–H and O–H groups in total. The Morgan fingerprint density at radius 1 is 1.04 bits per heavy atom. The van der Waals surface area contributed by atoms with Gasteiger partial charge in [-0.15, -0.1) is 0 Å². The molecule has 0 heterocycles. The summed E-state index contributed by atoms with van der Waals surface area (Å²) in [7, 11) is -1.48. The van der Waals surface area contributed by atoms with Gasteiger partial charge in [-0.2, -0.15) is 0 Å². The van der Waals surface area contributed by atoms with E-state index in [1.807, 2.05) is 44.2 Å². The van der Waals surface area contributed by atoms with Crippen molar-refractivity contribution in [2.24, 2.45) is 0 Å². The highest BCUT2D eigenvalue weighted by Crippen LogP contribution is 2.25. The minimum atomic E-state index is -1.48. The lowest BCUT2D eigenvalue weighted by Gasteiger charge is -2.14. The first-order valence-electron chi connectivity index (χ1n) is 8.11. The van der Waals surface area contributed by atoms with Gasteiger partial charge in [-0.3, -0.25) is 0 Å². The van der Waals surface area contributed by atoms with Crippen molar-refractivity contribution in [2.75, 3.05) is 6.61 Å². The lowest BCUT2D eigenvalue weighted by Crippen LogP contribution is -2.30. The molecular weight excluding hydrogens is 287 g/mol. The van der Waals surface area contributed by atoms with Gasteiger partial charge in [0.15, 0.2) is 0 Å². The number of rotatable bonds is 4. The summed E-state index contributed by atoms with van der Waals surface area (Å²) >= 11 is 0. The fraction of sp³-hybridized carbons (Fsp3) is 0.263. The van der Waals surface area contributed by atoms with Crippen molar-refractivity contribution >= 4 is 23.4 Å².